The van der Waals surface area contributed by atoms with Crippen molar-refractivity contribution in [3.05, 3.63) is 45.6 Å². The number of benzene rings is 1. The first-order valence-electron chi connectivity index (χ1n) is 7.82. The Morgan fingerprint density at radius 1 is 1.13 bits per heavy atom. The molecule has 1 aliphatic rings. The average molecular weight is 328 g/mol. The van der Waals surface area contributed by atoms with Crippen LogP contribution < -0.4 is 10.6 Å². The monoisotopic (exact) mass is 328 g/mol. The highest BCUT2D eigenvalue weighted by Crippen LogP contribution is 2.32. The molecule has 1 unspecified atom stereocenters. The van der Waals surface area contributed by atoms with E-state index in [4.69, 9.17) is 0 Å². The van der Waals surface area contributed by atoms with Crippen molar-refractivity contribution in [1.82, 2.24) is 0 Å². The zero-order chi connectivity index (χ0) is 16.4. The lowest BCUT2D eigenvalue weighted by Crippen LogP contribution is -2.10. The van der Waals surface area contributed by atoms with Crippen LogP contribution in [0.1, 0.15) is 40.4 Å². The van der Waals surface area contributed by atoms with Gasteiger partial charge >= 0.3 is 0 Å². The van der Waals surface area contributed by atoms with Crippen molar-refractivity contribution >= 4 is 34.5 Å². The fraction of sp³-hybridized carbons (Fsp3) is 0.333. The number of anilines is 2. The Balaban J connectivity index is 1.68. The second-order valence-electron chi connectivity index (χ2n) is 6.12. The lowest BCUT2D eigenvalue weighted by molar-refractivity contribution is -0.114. The zero-order valence-electron chi connectivity index (χ0n) is 13.3. The van der Waals surface area contributed by atoms with E-state index in [0.717, 1.165) is 29.1 Å². The van der Waals surface area contributed by atoms with Crippen LogP contribution >= 0.6 is 11.3 Å². The highest BCUT2D eigenvalue weighted by atomic mass is 32.1. The number of hydrogen-bond donors (Lipinski definition) is 2. The summed E-state index contributed by atoms with van der Waals surface area (Å²) in [6, 6.07) is 9.17. The quantitative estimate of drug-likeness (QED) is 0.892. The summed E-state index contributed by atoms with van der Waals surface area (Å²) in [5, 5.41) is 5.62. The van der Waals surface area contributed by atoms with Gasteiger partial charge in [-0.15, -0.1) is 11.3 Å². The third-order valence-corrected chi connectivity index (χ3v) is 5.25. The molecule has 23 heavy (non-hydrogen) atoms. The van der Waals surface area contributed by atoms with Gasteiger partial charge < -0.3 is 10.6 Å². The minimum atomic E-state index is -0.111. The highest BCUT2D eigenvalue weighted by Gasteiger charge is 2.20. The maximum Gasteiger partial charge on any atom is 0.265 e. The minimum absolute atomic E-state index is 0.0654. The van der Waals surface area contributed by atoms with Crippen molar-refractivity contribution in [3.63, 3.8) is 0 Å². The van der Waals surface area contributed by atoms with E-state index < -0.39 is 0 Å². The lowest BCUT2D eigenvalue weighted by atomic mass is 9.90. The van der Waals surface area contributed by atoms with Gasteiger partial charge in [0.2, 0.25) is 5.91 Å². The number of aryl methyl sites for hydroxylation is 1. The number of fused-ring (bicyclic) bond motifs is 1. The van der Waals surface area contributed by atoms with Gasteiger partial charge in [0.05, 0.1) is 4.88 Å². The topological polar surface area (TPSA) is 58.2 Å². The molecule has 3 rings (SSSR count). The minimum Gasteiger partial charge on any atom is -0.326 e. The molecule has 1 heterocycles. The molecule has 0 aliphatic heterocycles. The SMILES string of the molecule is CC(=O)Nc1ccc(NC(=O)c2cc3c(s2)CCC(C)C3)cc1. The fourth-order valence-electron chi connectivity index (χ4n) is 2.85. The Morgan fingerprint density at radius 2 is 1.78 bits per heavy atom. The number of hydrogen-bond acceptors (Lipinski definition) is 3. The lowest BCUT2D eigenvalue weighted by Gasteiger charge is -2.16. The molecule has 1 aromatic heterocycles. The Bertz CT molecular complexity index is 734. The normalized spacial score (nSPS) is 16.5. The maximum atomic E-state index is 12.4. The standard InChI is InChI=1S/C18H20N2O2S/c1-11-3-8-16-13(9-11)10-17(23-16)18(22)20-15-6-4-14(5-7-15)19-12(2)21/h4-7,10-11H,3,8-9H2,1-2H3,(H,19,21)(H,20,22). The second-order valence-corrected chi connectivity index (χ2v) is 7.26. The molecule has 0 spiro atoms. The molecule has 1 aliphatic carbocycles. The summed E-state index contributed by atoms with van der Waals surface area (Å²) < 4.78 is 0. The first kappa shape index (κ1) is 15.7. The summed E-state index contributed by atoms with van der Waals surface area (Å²) >= 11 is 1.61. The molecular formula is C18H20N2O2S. The molecule has 0 fully saturated rings. The van der Waals surface area contributed by atoms with Crippen molar-refractivity contribution in [1.29, 1.82) is 0 Å². The van der Waals surface area contributed by atoms with Gasteiger partial charge in [0, 0.05) is 23.2 Å². The first-order chi connectivity index (χ1) is 11.0. The average Bonchev–Trinajstić information content (AvgIpc) is 2.92. The van der Waals surface area contributed by atoms with E-state index in [1.54, 1.807) is 35.6 Å². The molecule has 2 N–H and O–H groups in total. The predicted molar refractivity (Wildman–Crippen MR) is 94.2 cm³/mol. The first-order valence-corrected chi connectivity index (χ1v) is 8.63. The van der Waals surface area contributed by atoms with Crippen LogP contribution in [0, 0.1) is 5.92 Å². The Labute approximate surface area is 139 Å². The second kappa shape index (κ2) is 6.54. The van der Waals surface area contributed by atoms with Crippen molar-refractivity contribution in [2.24, 2.45) is 5.92 Å². The van der Waals surface area contributed by atoms with Crippen LogP contribution in [0.25, 0.3) is 0 Å². The van der Waals surface area contributed by atoms with Crippen molar-refractivity contribution < 1.29 is 9.59 Å². The Morgan fingerprint density at radius 3 is 2.43 bits per heavy atom. The molecule has 2 amide bonds. The van der Waals surface area contributed by atoms with Crippen LogP contribution in [-0.2, 0) is 17.6 Å². The maximum absolute atomic E-state index is 12.4. The van der Waals surface area contributed by atoms with E-state index in [0.29, 0.717) is 5.92 Å². The summed E-state index contributed by atoms with van der Waals surface area (Å²) in [5.41, 5.74) is 2.78. The number of nitrogens with one attached hydrogen (secondary N) is 2. The molecule has 1 aromatic carbocycles. The number of rotatable bonds is 3. The van der Waals surface area contributed by atoms with Crippen molar-refractivity contribution in [2.45, 2.75) is 33.1 Å². The van der Waals surface area contributed by atoms with E-state index in [1.807, 2.05) is 6.07 Å². The fourth-order valence-corrected chi connectivity index (χ4v) is 3.95. The number of carbonyl (C=O) groups excluding carboxylic acids is 2. The van der Waals surface area contributed by atoms with E-state index in [-0.39, 0.29) is 11.8 Å². The van der Waals surface area contributed by atoms with Crippen molar-refractivity contribution in [3.8, 4) is 0 Å². The molecule has 0 radical (unpaired) electrons. The molecule has 0 bridgehead atoms. The largest absolute Gasteiger partial charge is 0.326 e. The van der Waals surface area contributed by atoms with Crippen molar-refractivity contribution in [2.75, 3.05) is 10.6 Å². The highest BCUT2D eigenvalue weighted by molar-refractivity contribution is 7.14. The van der Waals surface area contributed by atoms with E-state index in [2.05, 4.69) is 17.6 Å². The zero-order valence-corrected chi connectivity index (χ0v) is 14.1. The summed E-state index contributed by atoms with van der Waals surface area (Å²) in [6.07, 6.45) is 3.36. The molecule has 5 heteroatoms. The molecule has 4 nitrogen and oxygen atoms in total. The number of amides is 2. The summed E-state index contributed by atoms with van der Waals surface area (Å²) in [6.45, 7) is 3.73. The van der Waals surface area contributed by atoms with Crippen LogP contribution in [0.15, 0.2) is 30.3 Å². The molecule has 120 valence electrons. The Hall–Kier alpha value is -2.14. The number of thiophene rings is 1. The van der Waals surface area contributed by atoms with E-state index in [1.165, 1.54) is 23.8 Å². The number of carbonyl (C=O) groups is 2. The summed E-state index contributed by atoms with van der Waals surface area (Å²) in [5.74, 6) is 0.527. The molecule has 1 atom stereocenters. The summed E-state index contributed by atoms with van der Waals surface area (Å²) in [4.78, 5) is 25.5. The van der Waals surface area contributed by atoms with Gasteiger partial charge in [-0.05, 0) is 61.1 Å². The third kappa shape index (κ3) is 3.79. The van der Waals surface area contributed by atoms with Gasteiger partial charge in [0.1, 0.15) is 0 Å². The van der Waals surface area contributed by atoms with Gasteiger partial charge in [0.15, 0.2) is 0 Å². The third-order valence-electron chi connectivity index (χ3n) is 4.02. The van der Waals surface area contributed by atoms with Gasteiger partial charge in [-0.2, -0.15) is 0 Å². The van der Waals surface area contributed by atoms with Gasteiger partial charge in [-0.1, -0.05) is 6.92 Å². The van der Waals surface area contributed by atoms with Gasteiger partial charge in [-0.25, -0.2) is 0 Å². The predicted octanol–water partition coefficient (Wildman–Crippen LogP) is 4.08. The Kier molecular flexibility index (Phi) is 4.48. The van der Waals surface area contributed by atoms with E-state index >= 15 is 0 Å². The van der Waals surface area contributed by atoms with E-state index in [9.17, 15) is 9.59 Å². The van der Waals surface area contributed by atoms with Crippen LogP contribution in [0.3, 0.4) is 0 Å². The molecule has 0 saturated heterocycles. The smallest absolute Gasteiger partial charge is 0.265 e. The van der Waals surface area contributed by atoms with Crippen LogP contribution in [0.2, 0.25) is 0 Å². The molecule has 0 saturated carbocycles. The summed E-state index contributed by atoms with van der Waals surface area (Å²) in [7, 11) is 0. The van der Waals surface area contributed by atoms with Crippen LogP contribution in [0.4, 0.5) is 11.4 Å². The van der Waals surface area contributed by atoms with Gasteiger partial charge in [0.25, 0.3) is 5.91 Å². The molecular weight excluding hydrogens is 308 g/mol. The van der Waals surface area contributed by atoms with Gasteiger partial charge in [-0.3, -0.25) is 9.59 Å². The molecule has 2 aromatic rings. The van der Waals surface area contributed by atoms with Crippen LogP contribution in [-0.4, -0.2) is 11.8 Å². The van der Waals surface area contributed by atoms with Crippen LogP contribution in [0.5, 0.6) is 0 Å².